The van der Waals surface area contributed by atoms with Gasteiger partial charge >= 0.3 is 0 Å². The number of anilines is 1. The van der Waals surface area contributed by atoms with Gasteiger partial charge in [0.05, 0.1) is 5.92 Å². The quantitative estimate of drug-likeness (QED) is 0.857. The topological polar surface area (TPSA) is 105 Å². The first-order valence-electron chi connectivity index (χ1n) is 8.36. The number of benzene rings is 1. The van der Waals surface area contributed by atoms with E-state index in [0.29, 0.717) is 30.2 Å². The summed E-state index contributed by atoms with van der Waals surface area (Å²) in [7, 11) is 0. The molecule has 1 aliphatic rings. The van der Waals surface area contributed by atoms with Crippen LogP contribution >= 0.6 is 11.3 Å². The molecular formula is C18H20N4O3S. The summed E-state index contributed by atoms with van der Waals surface area (Å²) in [4.78, 5) is 41.9. The number of rotatable bonds is 4. The van der Waals surface area contributed by atoms with E-state index in [4.69, 9.17) is 5.73 Å². The lowest BCUT2D eigenvalue weighted by Crippen LogP contribution is -2.43. The minimum absolute atomic E-state index is 0.0623. The van der Waals surface area contributed by atoms with Gasteiger partial charge in [-0.3, -0.25) is 14.4 Å². The Hall–Kier alpha value is -2.74. The molecule has 8 heteroatoms. The summed E-state index contributed by atoms with van der Waals surface area (Å²) in [6, 6.07) is 7.42. The first-order chi connectivity index (χ1) is 12.4. The lowest BCUT2D eigenvalue weighted by Gasteiger charge is -2.32. The number of carbonyl (C=O) groups is 3. The molecule has 136 valence electrons. The maximum atomic E-state index is 12.6. The normalized spacial score (nSPS) is 17.0. The summed E-state index contributed by atoms with van der Waals surface area (Å²) in [6.07, 6.45) is 1.47. The molecule has 1 aliphatic heterocycles. The van der Waals surface area contributed by atoms with E-state index >= 15 is 0 Å². The highest BCUT2D eigenvalue weighted by Crippen LogP contribution is 2.22. The van der Waals surface area contributed by atoms with E-state index in [1.807, 2.05) is 31.2 Å². The number of hydrogen-bond acceptors (Lipinski definition) is 5. The Morgan fingerprint density at radius 2 is 2.00 bits per heavy atom. The third-order valence-corrected chi connectivity index (χ3v) is 5.12. The summed E-state index contributed by atoms with van der Waals surface area (Å²) in [5, 5.41) is 4.56. The highest BCUT2D eigenvalue weighted by atomic mass is 32.1. The number of thiazole rings is 1. The van der Waals surface area contributed by atoms with Crippen molar-refractivity contribution in [1.29, 1.82) is 0 Å². The first kappa shape index (κ1) is 18.1. The van der Waals surface area contributed by atoms with Crippen molar-refractivity contribution < 1.29 is 14.4 Å². The lowest BCUT2D eigenvalue weighted by molar-refractivity contribution is -0.121. The van der Waals surface area contributed by atoms with Crippen LogP contribution in [-0.4, -0.2) is 40.7 Å². The van der Waals surface area contributed by atoms with Crippen LogP contribution in [0.25, 0.3) is 0 Å². The summed E-state index contributed by atoms with van der Waals surface area (Å²) in [5.74, 6) is -1.20. The fourth-order valence-corrected chi connectivity index (χ4v) is 3.61. The van der Waals surface area contributed by atoms with Gasteiger partial charge in [0, 0.05) is 24.0 Å². The van der Waals surface area contributed by atoms with Gasteiger partial charge in [-0.15, -0.1) is 11.3 Å². The van der Waals surface area contributed by atoms with Crippen LogP contribution in [0.2, 0.25) is 0 Å². The number of nitrogens with one attached hydrogen (secondary N) is 1. The van der Waals surface area contributed by atoms with E-state index in [9.17, 15) is 14.4 Å². The molecule has 0 aliphatic carbocycles. The maximum absolute atomic E-state index is 12.6. The molecule has 0 bridgehead atoms. The Balaban J connectivity index is 1.63. The average Bonchev–Trinajstić information content (AvgIpc) is 3.11. The summed E-state index contributed by atoms with van der Waals surface area (Å²) < 4.78 is 0. The molecule has 1 aromatic heterocycles. The number of likely N-dealkylation sites (tertiary alicyclic amines) is 1. The zero-order valence-corrected chi connectivity index (χ0v) is 15.2. The molecule has 0 saturated carbocycles. The van der Waals surface area contributed by atoms with Gasteiger partial charge in [-0.2, -0.15) is 0 Å². The van der Waals surface area contributed by atoms with Crippen LogP contribution in [0, 0.1) is 12.8 Å². The third kappa shape index (κ3) is 4.08. The number of nitrogens with zero attached hydrogens (tertiary/aromatic N) is 2. The largest absolute Gasteiger partial charge is 0.364 e. The number of aryl methyl sites for hydroxylation is 1. The molecule has 3 amide bonds. The van der Waals surface area contributed by atoms with Crippen LogP contribution in [0.4, 0.5) is 5.13 Å². The molecule has 3 rings (SSSR count). The van der Waals surface area contributed by atoms with E-state index in [1.54, 1.807) is 4.90 Å². The van der Waals surface area contributed by atoms with Gasteiger partial charge < -0.3 is 16.0 Å². The van der Waals surface area contributed by atoms with Crippen molar-refractivity contribution in [2.24, 2.45) is 11.7 Å². The molecule has 1 unspecified atom stereocenters. The molecular weight excluding hydrogens is 352 g/mol. The number of primary amides is 1. The van der Waals surface area contributed by atoms with E-state index in [0.717, 1.165) is 23.3 Å². The molecule has 3 N–H and O–H groups in total. The van der Waals surface area contributed by atoms with Crippen LogP contribution in [-0.2, 0) is 4.79 Å². The SMILES string of the molecule is Cc1ccc(C(=O)N2CCCC(C(=O)Nc3nc(C(N)=O)cs3)C2)cc1. The lowest BCUT2D eigenvalue weighted by atomic mass is 9.96. The second-order valence-corrected chi connectivity index (χ2v) is 7.21. The van der Waals surface area contributed by atoms with Crippen molar-refractivity contribution >= 4 is 34.2 Å². The van der Waals surface area contributed by atoms with Crippen molar-refractivity contribution in [2.75, 3.05) is 18.4 Å². The smallest absolute Gasteiger partial charge is 0.268 e. The molecule has 7 nitrogen and oxygen atoms in total. The molecule has 2 aromatic rings. The number of aromatic nitrogens is 1. The number of hydrogen-bond donors (Lipinski definition) is 2. The van der Waals surface area contributed by atoms with Crippen LogP contribution in [0.5, 0.6) is 0 Å². The molecule has 2 heterocycles. The number of amides is 3. The van der Waals surface area contributed by atoms with Gasteiger partial charge in [-0.05, 0) is 31.9 Å². The van der Waals surface area contributed by atoms with Gasteiger partial charge in [-0.25, -0.2) is 4.98 Å². The Labute approximate surface area is 155 Å². The highest BCUT2D eigenvalue weighted by molar-refractivity contribution is 7.14. The standard InChI is InChI=1S/C18H20N4O3S/c1-11-4-6-12(7-5-11)17(25)22-8-2-3-13(9-22)16(24)21-18-20-14(10-26-18)15(19)23/h4-7,10,13H,2-3,8-9H2,1H3,(H2,19,23)(H,20,21,24). The third-order valence-electron chi connectivity index (χ3n) is 4.36. The van der Waals surface area contributed by atoms with Crippen molar-refractivity contribution in [3.8, 4) is 0 Å². The Bertz CT molecular complexity index is 831. The molecule has 1 atom stereocenters. The second kappa shape index (κ2) is 7.65. The molecule has 0 spiro atoms. The Morgan fingerprint density at radius 1 is 1.27 bits per heavy atom. The van der Waals surface area contributed by atoms with E-state index in [1.165, 1.54) is 5.38 Å². The zero-order chi connectivity index (χ0) is 18.7. The molecule has 0 radical (unpaired) electrons. The minimum atomic E-state index is -0.630. The van der Waals surface area contributed by atoms with Gasteiger partial charge in [0.15, 0.2) is 5.13 Å². The van der Waals surface area contributed by atoms with Crippen LogP contribution in [0.3, 0.4) is 0 Å². The summed E-state index contributed by atoms with van der Waals surface area (Å²) in [6.45, 7) is 2.98. The summed E-state index contributed by atoms with van der Waals surface area (Å²) >= 11 is 1.15. The molecule has 1 aromatic carbocycles. The second-order valence-electron chi connectivity index (χ2n) is 6.35. The van der Waals surface area contributed by atoms with Crippen LogP contribution in [0.15, 0.2) is 29.6 Å². The van der Waals surface area contributed by atoms with Crippen molar-refractivity contribution in [3.05, 3.63) is 46.5 Å². The molecule has 1 fully saturated rings. The van der Waals surface area contributed by atoms with Gasteiger partial charge in [-0.1, -0.05) is 17.7 Å². The van der Waals surface area contributed by atoms with Crippen LogP contribution < -0.4 is 11.1 Å². The van der Waals surface area contributed by atoms with E-state index in [2.05, 4.69) is 10.3 Å². The molecule has 1 saturated heterocycles. The highest BCUT2D eigenvalue weighted by Gasteiger charge is 2.29. The van der Waals surface area contributed by atoms with E-state index in [-0.39, 0.29) is 23.4 Å². The monoisotopic (exact) mass is 372 g/mol. The van der Waals surface area contributed by atoms with Gasteiger partial charge in [0.2, 0.25) is 5.91 Å². The summed E-state index contributed by atoms with van der Waals surface area (Å²) in [5.41, 5.74) is 7.02. The fourth-order valence-electron chi connectivity index (χ4n) is 2.91. The van der Waals surface area contributed by atoms with Crippen LogP contribution in [0.1, 0.15) is 39.3 Å². The molecule has 26 heavy (non-hydrogen) atoms. The van der Waals surface area contributed by atoms with E-state index < -0.39 is 5.91 Å². The Kier molecular flexibility index (Phi) is 5.32. The van der Waals surface area contributed by atoms with Gasteiger partial charge in [0.25, 0.3) is 11.8 Å². The first-order valence-corrected chi connectivity index (χ1v) is 9.24. The maximum Gasteiger partial charge on any atom is 0.268 e. The van der Waals surface area contributed by atoms with Crippen molar-refractivity contribution in [1.82, 2.24) is 9.88 Å². The fraction of sp³-hybridized carbons (Fsp3) is 0.333. The predicted molar refractivity (Wildman–Crippen MR) is 99.1 cm³/mol. The number of piperidine rings is 1. The average molecular weight is 372 g/mol. The minimum Gasteiger partial charge on any atom is -0.364 e. The van der Waals surface area contributed by atoms with Gasteiger partial charge in [0.1, 0.15) is 5.69 Å². The number of nitrogens with two attached hydrogens (primary N) is 1. The Morgan fingerprint density at radius 3 is 2.65 bits per heavy atom. The van der Waals surface area contributed by atoms with Crippen molar-refractivity contribution in [3.63, 3.8) is 0 Å². The predicted octanol–water partition coefficient (Wildman–Crippen LogP) is 2.04. The zero-order valence-electron chi connectivity index (χ0n) is 14.4. The van der Waals surface area contributed by atoms with Crippen molar-refractivity contribution in [2.45, 2.75) is 19.8 Å². The number of carbonyl (C=O) groups excluding carboxylic acids is 3.